The van der Waals surface area contributed by atoms with E-state index in [0.717, 1.165) is 35.6 Å². The number of rotatable bonds is 3. The van der Waals surface area contributed by atoms with Crippen LogP contribution in [0.25, 0.3) is 11.4 Å². The van der Waals surface area contributed by atoms with Crippen molar-refractivity contribution in [3.63, 3.8) is 0 Å². The van der Waals surface area contributed by atoms with Crippen LogP contribution in [0.3, 0.4) is 0 Å². The third-order valence-electron chi connectivity index (χ3n) is 3.79. The van der Waals surface area contributed by atoms with Crippen molar-refractivity contribution in [1.82, 2.24) is 19.7 Å². The molecule has 2 aromatic carbocycles. The second-order valence-electron chi connectivity index (χ2n) is 5.47. The summed E-state index contributed by atoms with van der Waals surface area (Å²) in [6.45, 7) is 1.62. The van der Waals surface area contributed by atoms with E-state index < -0.39 is 0 Å². The molecule has 1 aliphatic heterocycles. The maximum atomic E-state index is 13.1. The first-order chi connectivity index (χ1) is 11.3. The highest BCUT2D eigenvalue weighted by atomic mass is 32.2. The summed E-state index contributed by atoms with van der Waals surface area (Å²) in [6.07, 6.45) is 0. The Hall–Kier alpha value is -2.18. The molecule has 23 heavy (non-hydrogen) atoms. The van der Waals surface area contributed by atoms with E-state index in [1.165, 1.54) is 17.7 Å². The zero-order valence-electron chi connectivity index (χ0n) is 12.4. The van der Waals surface area contributed by atoms with Crippen molar-refractivity contribution in [3.05, 3.63) is 66.0 Å². The zero-order chi connectivity index (χ0) is 15.6. The van der Waals surface area contributed by atoms with Crippen molar-refractivity contribution < 1.29 is 4.39 Å². The van der Waals surface area contributed by atoms with Crippen LogP contribution >= 0.6 is 11.8 Å². The summed E-state index contributed by atoms with van der Waals surface area (Å²) in [5.41, 5.74) is 2.17. The highest BCUT2D eigenvalue weighted by molar-refractivity contribution is 7.99. The fourth-order valence-electron chi connectivity index (χ4n) is 2.66. The highest BCUT2D eigenvalue weighted by Crippen LogP contribution is 2.29. The molecule has 0 N–H and O–H groups in total. The van der Waals surface area contributed by atoms with Crippen LogP contribution in [0.15, 0.2) is 59.8 Å². The molecule has 0 unspecified atom stereocenters. The Morgan fingerprint density at radius 2 is 1.78 bits per heavy atom. The minimum Gasteiger partial charge on any atom is -0.288 e. The van der Waals surface area contributed by atoms with Crippen LogP contribution < -0.4 is 0 Å². The van der Waals surface area contributed by atoms with Gasteiger partial charge in [-0.05, 0) is 29.8 Å². The van der Waals surface area contributed by atoms with Gasteiger partial charge < -0.3 is 0 Å². The molecule has 0 radical (unpaired) electrons. The Morgan fingerprint density at radius 3 is 2.57 bits per heavy atom. The van der Waals surface area contributed by atoms with Gasteiger partial charge in [0.1, 0.15) is 5.82 Å². The molecule has 6 heteroatoms. The maximum Gasteiger partial charge on any atom is 0.193 e. The van der Waals surface area contributed by atoms with Crippen LogP contribution in [0.4, 0.5) is 4.39 Å². The largest absolute Gasteiger partial charge is 0.288 e. The number of hydrogen-bond donors (Lipinski definition) is 0. The summed E-state index contributed by atoms with van der Waals surface area (Å²) in [5, 5.41) is 9.45. The smallest absolute Gasteiger partial charge is 0.193 e. The predicted octanol–water partition coefficient (Wildman–Crippen LogP) is 3.61. The summed E-state index contributed by atoms with van der Waals surface area (Å²) < 4.78 is 15.2. The number of fused-ring (bicyclic) bond motifs is 1. The molecule has 4 rings (SSSR count). The fourth-order valence-corrected chi connectivity index (χ4v) is 3.53. The van der Waals surface area contributed by atoms with Crippen molar-refractivity contribution >= 4 is 11.8 Å². The van der Waals surface area contributed by atoms with Gasteiger partial charge in [0.25, 0.3) is 0 Å². The van der Waals surface area contributed by atoms with Gasteiger partial charge in [-0.25, -0.2) is 4.39 Å². The third-order valence-corrected chi connectivity index (χ3v) is 4.84. The lowest BCUT2D eigenvalue weighted by Gasteiger charge is -2.27. The molecule has 116 valence electrons. The lowest BCUT2D eigenvalue weighted by atomic mass is 10.2. The molecule has 1 aromatic heterocycles. The Morgan fingerprint density at radius 1 is 1.00 bits per heavy atom. The monoisotopic (exact) mass is 326 g/mol. The van der Waals surface area contributed by atoms with Crippen LogP contribution in [0.5, 0.6) is 0 Å². The van der Waals surface area contributed by atoms with Crippen LogP contribution in [0, 0.1) is 5.82 Å². The average Bonchev–Trinajstić information content (AvgIpc) is 3.00. The Balaban J connectivity index is 1.59. The molecule has 0 amide bonds. The first-order valence-electron chi connectivity index (χ1n) is 7.38. The van der Waals surface area contributed by atoms with E-state index in [4.69, 9.17) is 0 Å². The van der Waals surface area contributed by atoms with Crippen LogP contribution in [0.1, 0.15) is 5.56 Å². The van der Waals surface area contributed by atoms with Crippen molar-refractivity contribution in [3.8, 4) is 11.4 Å². The molecular weight excluding hydrogens is 311 g/mol. The molecular formula is C17H15FN4S. The molecule has 3 aromatic rings. The third kappa shape index (κ3) is 3.00. The molecule has 0 spiro atoms. The number of aromatic nitrogens is 3. The van der Waals surface area contributed by atoms with E-state index in [0.29, 0.717) is 0 Å². The van der Waals surface area contributed by atoms with Gasteiger partial charge >= 0.3 is 0 Å². The molecule has 0 saturated carbocycles. The maximum absolute atomic E-state index is 13.1. The van der Waals surface area contributed by atoms with Crippen molar-refractivity contribution in [1.29, 1.82) is 0 Å². The number of nitrogens with zero attached hydrogens (tertiary/aromatic N) is 4. The summed E-state index contributed by atoms with van der Waals surface area (Å²) in [4.78, 5) is 2.34. The zero-order valence-corrected chi connectivity index (χ0v) is 13.2. The van der Waals surface area contributed by atoms with Crippen molar-refractivity contribution in [2.24, 2.45) is 0 Å². The van der Waals surface area contributed by atoms with E-state index >= 15 is 0 Å². The number of hydrogen-bond acceptors (Lipinski definition) is 4. The summed E-state index contributed by atoms with van der Waals surface area (Å²) >= 11 is 1.68. The van der Waals surface area contributed by atoms with Crippen LogP contribution in [-0.4, -0.2) is 25.5 Å². The fraction of sp³-hybridized carbons (Fsp3) is 0.176. The first kappa shape index (κ1) is 14.4. The minimum absolute atomic E-state index is 0.243. The number of thioether (sulfide) groups is 1. The topological polar surface area (TPSA) is 34.0 Å². The number of benzene rings is 2. The summed E-state index contributed by atoms with van der Waals surface area (Å²) in [5.74, 6) is 1.42. The van der Waals surface area contributed by atoms with Gasteiger partial charge in [-0.3, -0.25) is 9.47 Å². The van der Waals surface area contributed by atoms with Gasteiger partial charge in [0.05, 0.1) is 12.5 Å². The molecule has 0 saturated heterocycles. The SMILES string of the molecule is Fc1ccc(-c2nnc3n2CN(Cc2ccccc2)CS3)cc1. The average molecular weight is 326 g/mol. The molecule has 1 aliphatic rings. The lowest BCUT2D eigenvalue weighted by Crippen LogP contribution is -2.30. The molecule has 4 nitrogen and oxygen atoms in total. The summed E-state index contributed by atoms with van der Waals surface area (Å²) in [7, 11) is 0. The van der Waals surface area contributed by atoms with Crippen molar-refractivity contribution in [2.45, 2.75) is 18.4 Å². The summed E-state index contributed by atoms with van der Waals surface area (Å²) in [6, 6.07) is 16.8. The Bertz CT molecular complexity index is 801. The molecule has 0 fully saturated rings. The van der Waals surface area contributed by atoms with Gasteiger partial charge in [-0.2, -0.15) is 0 Å². The van der Waals surface area contributed by atoms with E-state index in [2.05, 4.69) is 43.9 Å². The molecule has 0 bridgehead atoms. The molecule has 2 heterocycles. The normalized spacial score (nSPS) is 14.7. The van der Waals surface area contributed by atoms with Gasteiger partial charge in [-0.1, -0.05) is 42.1 Å². The van der Waals surface area contributed by atoms with E-state index in [9.17, 15) is 4.39 Å². The Labute approximate surface area is 138 Å². The quantitative estimate of drug-likeness (QED) is 0.736. The minimum atomic E-state index is -0.243. The number of halogens is 1. The van der Waals surface area contributed by atoms with E-state index in [1.54, 1.807) is 23.9 Å². The van der Waals surface area contributed by atoms with Crippen LogP contribution in [-0.2, 0) is 13.2 Å². The standard InChI is InChI=1S/C17H15FN4S/c18-15-8-6-14(7-9-15)16-19-20-17-22(16)11-21(12-23-17)10-13-4-2-1-3-5-13/h1-9H,10-12H2. The Kier molecular flexibility index (Phi) is 3.85. The van der Waals surface area contributed by atoms with Crippen LogP contribution in [0.2, 0.25) is 0 Å². The van der Waals surface area contributed by atoms with E-state index in [1.807, 2.05) is 6.07 Å². The highest BCUT2D eigenvalue weighted by Gasteiger charge is 2.22. The first-order valence-corrected chi connectivity index (χ1v) is 8.36. The lowest BCUT2D eigenvalue weighted by molar-refractivity contribution is 0.231. The second-order valence-corrected chi connectivity index (χ2v) is 6.38. The van der Waals surface area contributed by atoms with Gasteiger partial charge in [-0.15, -0.1) is 10.2 Å². The van der Waals surface area contributed by atoms with Gasteiger partial charge in [0.15, 0.2) is 11.0 Å². The van der Waals surface area contributed by atoms with Crippen molar-refractivity contribution in [2.75, 3.05) is 5.88 Å². The molecule has 0 aliphatic carbocycles. The van der Waals surface area contributed by atoms with E-state index in [-0.39, 0.29) is 5.82 Å². The predicted molar refractivity (Wildman–Crippen MR) is 88.1 cm³/mol. The van der Waals surface area contributed by atoms with Gasteiger partial charge in [0.2, 0.25) is 0 Å². The molecule has 0 atom stereocenters. The second kappa shape index (κ2) is 6.14. The van der Waals surface area contributed by atoms with Gasteiger partial charge in [0, 0.05) is 12.1 Å².